The molecule has 1 aliphatic heterocycles. The minimum absolute atomic E-state index is 0.166. The summed E-state index contributed by atoms with van der Waals surface area (Å²) in [5.74, 6) is -2.21. The third-order valence-corrected chi connectivity index (χ3v) is 3.43. The highest BCUT2D eigenvalue weighted by Crippen LogP contribution is 2.19. The predicted molar refractivity (Wildman–Crippen MR) is 75.7 cm³/mol. The lowest BCUT2D eigenvalue weighted by molar-refractivity contribution is -0.145. The van der Waals surface area contributed by atoms with Crippen LogP contribution in [0.4, 0.5) is 5.69 Å². The van der Waals surface area contributed by atoms with Gasteiger partial charge in [0.05, 0.1) is 0 Å². The van der Waals surface area contributed by atoms with Gasteiger partial charge < -0.3 is 20.6 Å². The van der Waals surface area contributed by atoms with Gasteiger partial charge in [-0.15, -0.1) is 0 Å². The number of rotatable bonds is 4. The first kappa shape index (κ1) is 15.0. The van der Waals surface area contributed by atoms with Crippen LogP contribution in [0.2, 0.25) is 0 Å². The Morgan fingerprint density at radius 1 is 1.33 bits per heavy atom. The molecule has 0 radical (unpaired) electrons. The van der Waals surface area contributed by atoms with Crippen molar-refractivity contribution < 1.29 is 19.5 Å². The summed E-state index contributed by atoms with van der Waals surface area (Å²) in [5.41, 5.74) is 6.79. The van der Waals surface area contributed by atoms with Crippen LogP contribution >= 0.6 is 0 Å². The molecule has 1 fully saturated rings. The number of carbonyl (C=O) groups excluding carboxylic acids is 2. The second-order valence-corrected chi connectivity index (χ2v) is 5.00. The van der Waals surface area contributed by atoms with Crippen molar-refractivity contribution in [2.24, 2.45) is 5.73 Å². The molecular formula is C14H17N3O4. The van der Waals surface area contributed by atoms with E-state index in [1.807, 2.05) is 0 Å². The molecule has 2 amide bonds. The molecule has 2 rings (SSSR count). The molecule has 7 heteroatoms. The van der Waals surface area contributed by atoms with Gasteiger partial charge in [0.2, 0.25) is 0 Å². The number of amides is 2. The molecule has 1 heterocycles. The Morgan fingerprint density at radius 3 is 2.71 bits per heavy atom. The van der Waals surface area contributed by atoms with Crippen LogP contribution in [0.3, 0.4) is 0 Å². The van der Waals surface area contributed by atoms with Crippen molar-refractivity contribution in [1.29, 1.82) is 0 Å². The largest absolute Gasteiger partial charge is 0.480 e. The van der Waals surface area contributed by atoms with Gasteiger partial charge in [0, 0.05) is 25.8 Å². The van der Waals surface area contributed by atoms with Crippen LogP contribution in [-0.4, -0.2) is 54.0 Å². The summed E-state index contributed by atoms with van der Waals surface area (Å²) in [7, 11) is 1.58. The number of nitrogens with two attached hydrogens (primary N) is 1. The average molecular weight is 291 g/mol. The van der Waals surface area contributed by atoms with Gasteiger partial charge in [0.1, 0.15) is 6.04 Å². The highest BCUT2D eigenvalue weighted by Gasteiger charge is 2.31. The predicted octanol–water partition coefficient (Wildman–Crippen LogP) is -0.554. The van der Waals surface area contributed by atoms with Gasteiger partial charge in [-0.05, 0) is 24.1 Å². The molecule has 1 aromatic carbocycles. The third kappa shape index (κ3) is 3.19. The number of aliphatic carboxylic acids is 1. The maximum atomic E-state index is 12.0. The van der Waals surface area contributed by atoms with Gasteiger partial charge in [-0.2, -0.15) is 0 Å². The summed E-state index contributed by atoms with van der Waals surface area (Å²) in [4.78, 5) is 37.3. The van der Waals surface area contributed by atoms with E-state index in [0.717, 1.165) is 0 Å². The molecule has 21 heavy (non-hydrogen) atoms. The van der Waals surface area contributed by atoms with Crippen molar-refractivity contribution in [2.45, 2.75) is 12.5 Å². The van der Waals surface area contributed by atoms with Gasteiger partial charge in [-0.25, -0.2) is 0 Å². The molecule has 0 bridgehead atoms. The fourth-order valence-electron chi connectivity index (χ4n) is 2.17. The van der Waals surface area contributed by atoms with Crippen molar-refractivity contribution in [3.63, 3.8) is 0 Å². The summed E-state index contributed by atoms with van der Waals surface area (Å²) in [6.45, 7) is 0.874. The molecule has 1 aliphatic rings. The smallest absolute Gasteiger partial charge is 0.320 e. The molecule has 7 nitrogen and oxygen atoms in total. The van der Waals surface area contributed by atoms with E-state index < -0.39 is 23.8 Å². The number of carboxylic acids is 1. The number of likely N-dealkylation sites (N-methyl/N-ethyl adjacent to an activating group) is 1. The zero-order valence-electron chi connectivity index (χ0n) is 11.7. The number of carbonyl (C=O) groups is 3. The van der Waals surface area contributed by atoms with E-state index in [1.54, 1.807) is 31.3 Å². The maximum Gasteiger partial charge on any atom is 0.320 e. The van der Waals surface area contributed by atoms with Crippen LogP contribution < -0.4 is 10.6 Å². The number of nitrogens with zero attached hydrogens (tertiary/aromatic N) is 2. The maximum absolute atomic E-state index is 12.0. The van der Waals surface area contributed by atoms with Crippen LogP contribution in [0.15, 0.2) is 24.3 Å². The van der Waals surface area contributed by atoms with Crippen molar-refractivity contribution in [3.8, 4) is 0 Å². The number of piperazine rings is 1. The average Bonchev–Trinajstić information content (AvgIpc) is 2.45. The first-order valence-electron chi connectivity index (χ1n) is 6.54. The minimum atomic E-state index is -1.08. The molecule has 1 unspecified atom stereocenters. The molecule has 0 spiro atoms. The fraction of sp³-hybridized carbons (Fsp3) is 0.357. The number of hydrogen-bond donors (Lipinski definition) is 2. The van der Waals surface area contributed by atoms with E-state index in [-0.39, 0.29) is 6.42 Å². The Labute approximate surface area is 121 Å². The van der Waals surface area contributed by atoms with Crippen LogP contribution in [0.5, 0.6) is 0 Å². The first-order valence-corrected chi connectivity index (χ1v) is 6.54. The van der Waals surface area contributed by atoms with Crippen LogP contribution in [-0.2, 0) is 20.8 Å². The Morgan fingerprint density at radius 2 is 2.05 bits per heavy atom. The highest BCUT2D eigenvalue weighted by atomic mass is 16.4. The standard InChI is InChI=1S/C14H17N3O4/c1-16-5-6-17(13(19)12(16)18)10-4-2-3-9(7-10)8-11(15)14(20)21/h2-4,7,11H,5-6,8,15H2,1H3,(H,20,21). The second-order valence-electron chi connectivity index (χ2n) is 5.00. The number of benzene rings is 1. The van der Waals surface area contributed by atoms with Crippen molar-refractivity contribution >= 4 is 23.5 Å². The molecule has 1 atom stereocenters. The van der Waals surface area contributed by atoms with E-state index >= 15 is 0 Å². The lowest BCUT2D eigenvalue weighted by Gasteiger charge is -2.31. The minimum Gasteiger partial charge on any atom is -0.480 e. The number of carboxylic acid groups (broad SMARTS) is 1. The molecule has 112 valence electrons. The summed E-state index contributed by atoms with van der Waals surface area (Å²) >= 11 is 0. The summed E-state index contributed by atoms with van der Waals surface area (Å²) in [6, 6.07) is 5.88. The van der Waals surface area contributed by atoms with Gasteiger partial charge in [0.15, 0.2) is 0 Å². The monoisotopic (exact) mass is 291 g/mol. The van der Waals surface area contributed by atoms with Crippen molar-refractivity contribution in [1.82, 2.24) is 4.90 Å². The highest BCUT2D eigenvalue weighted by molar-refractivity contribution is 6.40. The summed E-state index contributed by atoms with van der Waals surface area (Å²) < 4.78 is 0. The van der Waals surface area contributed by atoms with E-state index in [4.69, 9.17) is 10.8 Å². The number of hydrogen-bond acceptors (Lipinski definition) is 4. The fourth-order valence-corrected chi connectivity index (χ4v) is 2.17. The lowest BCUT2D eigenvalue weighted by Crippen LogP contribution is -2.53. The molecule has 1 aromatic rings. The zero-order chi connectivity index (χ0) is 15.6. The third-order valence-electron chi connectivity index (χ3n) is 3.43. The quantitative estimate of drug-likeness (QED) is 0.724. The first-order chi connectivity index (χ1) is 9.90. The molecule has 1 saturated heterocycles. The Hall–Kier alpha value is -2.41. The topological polar surface area (TPSA) is 104 Å². The lowest BCUT2D eigenvalue weighted by atomic mass is 10.1. The molecule has 0 saturated carbocycles. The van der Waals surface area contributed by atoms with E-state index in [0.29, 0.717) is 24.3 Å². The Kier molecular flexibility index (Phi) is 4.23. The van der Waals surface area contributed by atoms with Gasteiger partial charge in [0.25, 0.3) is 0 Å². The van der Waals surface area contributed by atoms with Crippen LogP contribution in [0.25, 0.3) is 0 Å². The van der Waals surface area contributed by atoms with Crippen molar-refractivity contribution in [3.05, 3.63) is 29.8 Å². The summed E-state index contributed by atoms with van der Waals surface area (Å²) in [5, 5.41) is 8.83. The van der Waals surface area contributed by atoms with Crippen LogP contribution in [0.1, 0.15) is 5.56 Å². The zero-order valence-corrected chi connectivity index (χ0v) is 11.7. The van der Waals surface area contributed by atoms with E-state index in [1.165, 1.54) is 9.80 Å². The molecule has 0 aromatic heterocycles. The molecular weight excluding hydrogens is 274 g/mol. The second kappa shape index (κ2) is 5.92. The van der Waals surface area contributed by atoms with Crippen LogP contribution in [0, 0.1) is 0 Å². The Bertz CT molecular complexity index is 587. The Balaban J connectivity index is 2.19. The van der Waals surface area contributed by atoms with Gasteiger partial charge in [-0.3, -0.25) is 14.4 Å². The van der Waals surface area contributed by atoms with Crippen molar-refractivity contribution in [2.75, 3.05) is 25.0 Å². The van der Waals surface area contributed by atoms with Gasteiger partial charge >= 0.3 is 17.8 Å². The molecule has 0 aliphatic carbocycles. The summed E-state index contributed by atoms with van der Waals surface area (Å²) in [6.07, 6.45) is 0.166. The molecule has 3 N–H and O–H groups in total. The number of anilines is 1. The van der Waals surface area contributed by atoms with Gasteiger partial charge in [-0.1, -0.05) is 12.1 Å². The SMILES string of the molecule is CN1CCN(c2cccc(CC(N)C(=O)O)c2)C(=O)C1=O. The normalized spacial score (nSPS) is 17.0. The van der Waals surface area contributed by atoms with E-state index in [2.05, 4.69) is 0 Å². The van der Waals surface area contributed by atoms with E-state index in [9.17, 15) is 14.4 Å².